The zero-order valence-corrected chi connectivity index (χ0v) is 11.9. The quantitative estimate of drug-likeness (QED) is 0.810. The Balaban J connectivity index is 3.14. The summed E-state index contributed by atoms with van der Waals surface area (Å²) in [5, 5.41) is 8.81. The normalized spacial score (nSPS) is 14.6. The average Bonchev–Trinajstić information content (AvgIpc) is 2.29. The lowest BCUT2D eigenvalue weighted by Gasteiger charge is -2.22. The van der Waals surface area contributed by atoms with E-state index in [1.165, 1.54) is 19.1 Å². The lowest BCUT2D eigenvalue weighted by atomic mass is 9.89. The van der Waals surface area contributed by atoms with E-state index >= 15 is 0 Å². The monoisotopic (exact) mass is 336 g/mol. The average molecular weight is 337 g/mol. The van der Waals surface area contributed by atoms with Crippen molar-refractivity contribution >= 4 is 28.6 Å². The topological polar surface area (TPSA) is 23.8 Å². The van der Waals surface area contributed by atoms with E-state index in [1.807, 2.05) is 0 Å². The number of hydrogen-bond donors (Lipinski definition) is 1. The molecular weight excluding hydrogens is 327 g/mol. The first kappa shape index (κ1) is 15.4. The molecule has 18 heavy (non-hydrogen) atoms. The van der Waals surface area contributed by atoms with Crippen molar-refractivity contribution in [1.29, 1.82) is 5.26 Å². The standard InChI is InChI=1S/C12H10BrF3NS/c1-12(18,6-17)5-9(11(15)16)8-4-7(13)2-3-10(8)14/h2-4,11,18H,5H2,1H3/t12-/m0/s1. The number of nitriles is 1. The van der Waals surface area contributed by atoms with Crippen molar-refractivity contribution < 1.29 is 13.2 Å². The number of rotatable bonds is 4. The Kier molecular flexibility index (Phi) is 5.11. The molecule has 0 spiro atoms. The third kappa shape index (κ3) is 3.92. The summed E-state index contributed by atoms with van der Waals surface area (Å²) in [6.07, 6.45) is -3.15. The number of hydrogen-bond acceptors (Lipinski definition) is 2. The second-order valence-corrected chi connectivity index (χ2v) is 5.92. The fourth-order valence-corrected chi connectivity index (χ4v) is 1.98. The number of alkyl halides is 2. The van der Waals surface area contributed by atoms with Crippen molar-refractivity contribution in [2.45, 2.75) is 24.5 Å². The van der Waals surface area contributed by atoms with Crippen LogP contribution in [0, 0.1) is 23.1 Å². The molecule has 0 fully saturated rings. The van der Waals surface area contributed by atoms with E-state index in [9.17, 15) is 13.2 Å². The second kappa shape index (κ2) is 5.98. The van der Waals surface area contributed by atoms with Gasteiger partial charge in [-0.1, -0.05) is 15.9 Å². The van der Waals surface area contributed by atoms with Gasteiger partial charge in [-0.15, -0.1) is 0 Å². The smallest absolute Gasteiger partial charge is 0.209 e. The van der Waals surface area contributed by atoms with Gasteiger partial charge in [0.15, 0.2) is 0 Å². The molecule has 0 unspecified atom stereocenters. The molecule has 1 aromatic rings. The highest BCUT2D eigenvalue weighted by atomic mass is 79.9. The van der Waals surface area contributed by atoms with Crippen molar-refractivity contribution in [3.05, 3.63) is 40.0 Å². The predicted octanol–water partition coefficient (Wildman–Crippen LogP) is 4.38. The molecule has 0 saturated carbocycles. The lowest BCUT2D eigenvalue weighted by molar-refractivity contribution is 0.160. The molecule has 0 aliphatic rings. The van der Waals surface area contributed by atoms with Crippen LogP contribution in [0.1, 0.15) is 18.9 Å². The molecule has 0 heterocycles. The highest BCUT2D eigenvalue weighted by Crippen LogP contribution is 2.35. The molecule has 1 rings (SSSR count). The predicted molar refractivity (Wildman–Crippen MR) is 70.1 cm³/mol. The van der Waals surface area contributed by atoms with Gasteiger partial charge in [-0.05, 0) is 31.5 Å². The van der Waals surface area contributed by atoms with E-state index in [4.69, 9.17) is 5.26 Å². The van der Waals surface area contributed by atoms with E-state index in [0.29, 0.717) is 4.47 Å². The first-order valence-electron chi connectivity index (χ1n) is 5.00. The Morgan fingerprint density at radius 1 is 1.56 bits per heavy atom. The minimum Gasteiger partial charge on any atom is -0.209 e. The molecule has 1 nitrogen and oxygen atoms in total. The fraction of sp³-hybridized carbons (Fsp3) is 0.333. The summed E-state index contributed by atoms with van der Waals surface area (Å²) in [6.45, 7) is 1.41. The van der Waals surface area contributed by atoms with Gasteiger partial charge in [-0.2, -0.15) is 17.9 Å². The Morgan fingerprint density at radius 3 is 2.67 bits per heavy atom. The third-order valence-corrected chi connectivity index (χ3v) is 3.06. The molecule has 0 bridgehead atoms. The highest BCUT2D eigenvalue weighted by Gasteiger charge is 2.33. The molecule has 0 aliphatic heterocycles. The molecule has 0 amide bonds. The molecule has 1 aromatic carbocycles. The Bertz CT molecular complexity index is 471. The van der Waals surface area contributed by atoms with Crippen molar-refractivity contribution in [1.82, 2.24) is 0 Å². The number of nitrogens with zero attached hydrogens (tertiary/aromatic N) is 1. The molecule has 0 saturated heterocycles. The van der Waals surface area contributed by atoms with E-state index < -0.39 is 22.9 Å². The molecular formula is C12H10BrF3NS. The van der Waals surface area contributed by atoms with E-state index in [-0.39, 0.29) is 12.0 Å². The van der Waals surface area contributed by atoms with Gasteiger partial charge in [-0.3, -0.25) is 0 Å². The Hall–Kier alpha value is -0.670. The zero-order chi connectivity index (χ0) is 13.9. The Labute approximate surface area is 118 Å². The van der Waals surface area contributed by atoms with Crippen molar-refractivity contribution in [3.8, 4) is 6.07 Å². The van der Waals surface area contributed by atoms with Gasteiger partial charge in [0, 0.05) is 10.0 Å². The van der Waals surface area contributed by atoms with Gasteiger partial charge in [0.05, 0.1) is 16.7 Å². The van der Waals surface area contributed by atoms with Crippen LogP contribution in [0.2, 0.25) is 0 Å². The van der Waals surface area contributed by atoms with Crippen LogP contribution < -0.4 is 0 Å². The van der Waals surface area contributed by atoms with Crippen LogP contribution in [0.5, 0.6) is 0 Å². The van der Waals surface area contributed by atoms with Crippen LogP contribution in [0.15, 0.2) is 22.7 Å². The first-order valence-corrected chi connectivity index (χ1v) is 6.24. The molecule has 97 valence electrons. The van der Waals surface area contributed by atoms with E-state index in [2.05, 4.69) is 28.6 Å². The molecule has 0 aliphatic carbocycles. The summed E-state index contributed by atoms with van der Waals surface area (Å²) < 4.78 is 38.8. The first-order chi connectivity index (χ1) is 8.26. The van der Waals surface area contributed by atoms with Gasteiger partial charge in [0.25, 0.3) is 0 Å². The van der Waals surface area contributed by atoms with Crippen LogP contribution >= 0.6 is 28.6 Å². The SMILES string of the molecule is C[C@@](S)(C#N)C[C](c1cc(Br)ccc1F)C(F)F. The van der Waals surface area contributed by atoms with Crippen molar-refractivity contribution in [2.75, 3.05) is 0 Å². The third-order valence-electron chi connectivity index (χ3n) is 2.31. The van der Waals surface area contributed by atoms with Gasteiger partial charge in [0.1, 0.15) is 5.82 Å². The summed E-state index contributed by atoms with van der Waals surface area (Å²) in [7, 11) is 0. The second-order valence-electron chi connectivity index (χ2n) is 4.01. The summed E-state index contributed by atoms with van der Waals surface area (Å²) in [5.74, 6) is -1.16. The molecule has 0 N–H and O–H groups in total. The summed E-state index contributed by atoms with van der Waals surface area (Å²) in [4.78, 5) is 0. The van der Waals surface area contributed by atoms with Gasteiger partial charge >= 0.3 is 0 Å². The largest absolute Gasteiger partial charge is 0.249 e. The van der Waals surface area contributed by atoms with Crippen LogP contribution in [-0.2, 0) is 0 Å². The van der Waals surface area contributed by atoms with E-state index in [1.54, 1.807) is 6.07 Å². The molecule has 0 aromatic heterocycles. The van der Waals surface area contributed by atoms with Crippen LogP contribution in [0.4, 0.5) is 13.2 Å². The maximum atomic E-state index is 13.6. The molecule has 1 radical (unpaired) electrons. The minimum atomic E-state index is -2.84. The van der Waals surface area contributed by atoms with Crippen molar-refractivity contribution in [3.63, 3.8) is 0 Å². The lowest BCUT2D eigenvalue weighted by Crippen LogP contribution is -2.23. The van der Waals surface area contributed by atoms with Crippen LogP contribution in [0.25, 0.3) is 0 Å². The van der Waals surface area contributed by atoms with Crippen LogP contribution in [-0.4, -0.2) is 11.2 Å². The zero-order valence-electron chi connectivity index (χ0n) is 9.42. The Morgan fingerprint density at radius 2 is 2.17 bits per heavy atom. The van der Waals surface area contributed by atoms with Crippen LogP contribution in [0.3, 0.4) is 0 Å². The summed E-state index contributed by atoms with van der Waals surface area (Å²) in [6, 6.07) is 5.61. The molecule has 1 atom stereocenters. The summed E-state index contributed by atoms with van der Waals surface area (Å²) in [5.41, 5.74) is -0.185. The highest BCUT2D eigenvalue weighted by molar-refractivity contribution is 9.10. The number of benzene rings is 1. The number of halogens is 4. The maximum Gasteiger partial charge on any atom is 0.249 e. The molecule has 6 heteroatoms. The summed E-state index contributed by atoms with van der Waals surface area (Å²) >= 11 is 7.08. The van der Waals surface area contributed by atoms with Crippen molar-refractivity contribution in [2.24, 2.45) is 0 Å². The van der Waals surface area contributed by atoms with Gasteiger partial charge < -0.3 is 0 Å². The van der Waals surface area contributed by atoms with Gasteiger partial charge in [-0.25, -0.2) is 13.2 Å². The van der Waals surface area contributed by atoms with Gasteiger partial charge in [0.2, 0.25) is 6.43 Å². The number of thiol groups is 1. The maximum absolute atomic E-state index is 13.6. The fourth-order valence-electron chi connectivity index (χ4n) is 1.44. The minimum absolute atomic E-state index is 0.185. The van der Waals surface area contributed by atoms with E-state index in [0.717, 1.165) is 6.07 Å².